The van der Waals surface area contributed by atoms with E-state index in [2.05, 4.69) is 4.98 Å². The normalized spacial score (nSPS) is 10.6. The summed E-state index contributed by atoms with van der Waals surface area (Å²) in [5, 5.41) is 20.7. The van der Waals surface area contributed by atoms with Crippen LogP contribution >= 0.6 is 11.3 Å². The van der Waals surface area contributed by atoms with Crippen LogP contribution in [0.3, 0.4) is 0 Å². The van der Waals surface area contributed by atoms with E-state index < -0.39 is 17.0 Å². The Morgan fingerprint density at radius 3 is 2.65 bits per heavy atom. The summed E-state index contributed by atoms with van der Waals surface area (Å²) in [6, 6.07) is 11.4. The Morgan fingerprint density at radius 1 is 1.30 bits per heavy atom. The lowest BCUT2D eigenvalue weighted by Gasteiger charge is -2.09. The molecule has 3 rings (SSSR count). The van der Waals surface area contributed by atoms with Crippen LogP contribution in [0, 0.1) is 5.39 Å². The van der Waals surface area contributed by atoms with Gasteiger partial charge in [-0.3, -0.25) is 4.79 Å². The first-order valence-corrected chi connectivity index (χ1v) is 6.69. The van der Waals surface area contributed by atoms with Gasteiger partial charge in [-0.1, -0.05) is 30.3 Å². The van der Waals surface area contributed by atoms with Crippen LogP contribution in [0.25, 0.3) is 25.6 Å². The summed E-state index contributed by atoms with van der Waals surface area (Å²) in [6.45, 7) is 0. The van der Waals surface area contributed by atoms with Crippen molar-refractivity contribution in [3.63, 3.8) is 0 Å². The monoisotopic (exact) mass is 283 g/mol. The number of fused-ring (bicyclic) bond motifs is 1. The molecule has 0 N–H and O–H groups in total. The van der Waals surface area contributed by atoms with Gasteiger partial charge in [0.1, 0.15) is 4.70 Å². The van der Waals surface area contributed by atoms with E-state index in [0.717, 1.165) is 10.4 Å². The molecule has 2 heterocycles. The predicted molar refractivity (Wildman–Crippen MR) is 76.7 cm³/mol. The Hall–Kier alpha value is -2.65. The van der Waals surface area contributed by atoms with Crippen LogP contribution in [0.5, 0.6) is 5.88 Å². The average molecular weight is 283 g/mol. The van der Waals surface area contributed by atoms with Crippen molar-refractivity contribution in [3.8, 4) is 16.3 Å². The van der Waals surface area contributed by atoms with Gasteiger partial charge in [-0.2, -0.15) is 0 Å². The molecule has 0 bridgehead atoms. The van der Waals surface area contributed by atoms with Gasteiger partial charge in [0.25, 0.3) is 5.43 Å². The number of nitrogens with zero attached hydrogens (tertiary/aromatic N) is 3. The van der Waals surface area contributed by atoms with Gasteiger partial charge in [0.15, 0.2) is 4.98 Å². The largest absolute Gasteiger partial charge is 0.854 e. The number of pyridine rings is 1. The minimum absolute atomic E-state index is 0.416. The summed E-state index contributed by atoms with van der Waals surface area (Å²) in [7, 11) is 1.56. The van der Waals surface area contributed by atoms with Gasteiger partial charge >= 0.3 is 5.69 Å². The van der Waals surface area contributed by atoms with Crippen molar-refractivity contribution in [1.29, 1.82) is 5.39 Å². The third-order valence-corrected chi connectivity index (χ3v) is 4.33. The lowest BCUT2D eigenvalue weighted by Crippen LogP contribution is -2.11. The van der Waals surface area contributed by atoms with Gasteiger partial charge in [0.2, 0.25) is 5.39 Å². The van der Waals surface area contributed by atoms with E-state index >= 15 is 0 Å². The number of diazo groups is 1. The molecular formula is C14H9N3O2S. The van der Waals surface area contributed by atoms with Gasteiger partial charge in [-0.15, -0.1) is 11.3 Å². The van der Waals surface area contributed by atoms with Crippen LogP contribution in [0.15, 0.2) is 41.2 Å². The maximum absolute atomic E-state index is 12.1. The van der Waals surface area contributed by atoms with Crippen LogP contribution in [0.2, 0.25) is 0 Å². The molecule has 0 atom stereocenters. The highest BCUT2D eigenvalue weighted by Crippen LogP contribution is 2.34. The maximum atomic E-state index is 12.1. The number of rotatable bonds is 1. The zero-order chi connectivity index (χ0) is 14.3. The molecule has 0 spiro atoms. The molecule has 0 unspecified atom stereocenters. The van der Waals surface area contributed by atoms with Gasteiger partial charge in [0.05, 0.1) is 11.4 Å². The lowest BCUT2D eigenvalue weighted by atomic mass is 10.2. The van der Waals surface area contributed by atoms with E-state index in [9.17, 15) is 9.90 Å². The Balaban J connectivity index is 2.38. The molecule has 0 aliphatic rings. The van der Waals surface area contributed by atoms with Crippen LogP contribution in [-0.2, 0) is 7.05 Å². The SMILES string of the molecule is Cn1c([O-])c([N+]#N)c(=O)c2sc(-c3ccccc3)cc21. The second-order valence-electron chi connectivity index (χ2n) is 4.33. The summed E-state index contributed by atoms with van der Waals surface area (Å²) in [4.78, 5) is 15.8. The summed E-state index contributed by atoms with van der Waals surface area (Å²) in [6.07, 6.45) is 0. The fourth-order valence-electron chi connectivity index (χ4n) is 2.10. The molecular weight excluding hydrogens is 274 g/mol. The summed E-state index contributed by atoms with van der Waals surface area (Å²) >= 11 is 1.29. The fourth-order valence-corrected chi connectivity index (χ4v) is 3.23. The van der Waals surface area contributed by atoms with Crippen molar-refractivity contribution >= 4 is 27.2 Å². The van der Waals surface area contributed by atoms with Gasteiger partial charge < -0.3 is 9.67 Å². The lowest BCUT2D eigenvalue weighted by molar-refractivity contribution is -0.277. The number of hydrogen-bond donors (Lipinski definition) is 0. The van der Waals surface area contributed by atoms with Crippen molar-refractivity contribution in [2.45, 2.75) is 0 Å². The molecule has 0 aliphatic heterocycles. The molecule has 1 aromatic carbocycles. The molecule has 5 nitrogen and oxygen atoms in total. The third-order valence-electron chi connectivity index (χ3n) is 3.16. The van der Waals surface area contributed by atoms with Crippen molar-refractivity contribution in [1.82, 2.24) is 4.57 Å². The second kappa shape index (κ2) is 4.47. The van der Waals surface area contributed by atoms with Crippen molar-refractivity contribution in [3.05, 3.63) is 51.6 Å². The Labute approximate surface area is 118 Å². The zero-order valence-corrected chi connectivity index (χ0v) is 11.3. The molecule has 98 valence electrons. The molecule has 2 aromatic heterocycles. The number of hydrogen-bond acceptors (Lipinski definition) is 4. The van der Waals surface area contributed by atoms with Gasteiger partial charge in [-0.05, 0) is 11.6 Å². The second-order valence-corrected chi connectivity index (χ2v) is 5.39. The third kappa shape index (κ3) is 1.68. The first kappa shape index (κ1) is 12.4. The molecule has 0 amide bonds. The number of thiophene rings is 1. The number of aryl methyl sites for hydroxylation is 1. The zero-order valence-electron chi connectivity index (χ0n) is 10.5. The minimum Gasteiger partial charge on any atom is -0.854 e. The molecule has 0 saturated carbocycles. The van der Waals surface area contributed by atoms with Crippen LogP contribution in [0.4, 0.5) is 5.69 Å². The molecule has 0 aliphatic carbocycles. The smallest absolute Gasteiger partial charge is 0.441 e. The van der Waals surface area contributed by atoms with E-state index in [0.29, 0.717) is 10.2 Å². The van der Waals surface area contributed by atoms with Crippen molar-refractivity contribution in [2.24, 2.45) is 7.05 Å². The summed E-state index contributed by atoms with van der Waals surface area (Å²) in [5.41, 5.74) is 0.554. The number of benzene rings is 1. The summed E-state index contributed by atoms with van der Waals surface area (Å²) in [5.74, 6) is -0.595. The molecule has 3 aromatic rings. The number of aromatic nitrogens is 1. The molecule has 0 saturated heterocycles. The minimum atomic E-state index is -0.595. The highest BCUT2D eigenvalue weighted by molar-refractivity contribution is 7.22. The molecule has 0 fully saturated rings. The first-order chi connectivity index (χ1) is 9.63. The Bertz CT molecular complexity index is 904. The fraction of sp³-hybridized carbons (Fsp3) is 0.0714. The van der Waals surface area contributed by atoms with E-state index in [1.165, 1.54) is 15.9 Å². The van der Waals surface area contributed by atoms with Crippen molar-refractivity contribution in [2.75, 3.05) is 0 Å². The van der Waals surface area contributed by atoms with E-state index in [4.69, 9.17) is 5.39 Å². The van der Waals surface area contributed by atoms with E-state index in [-0.39, 0.29) is 0 Å². The highest BCUT2D eigenvalue weighted by atomic mass is 32.1. The topological polar surface area (TPSA) is 73.2 Å². The molecule has 6 heteroatoms. The van der Waals surface area contributed by atoms with E-state index in [1.807, 2.05) is 30.3 Å². The average Bonchev–Trinajstić information content (AvgIpc) is 2.92. The first-order valence-electron chi connectivity index (χ1n) is 5.87. The Kier molecular flexibility index (Phi) is 2.77. The quantitative estimate of drug-likeness (QED) is 0.644. The predicted octanol–water partition coefficient (Wildman–Crippen LogP) is 2.83. The van der Waals surface area contributed by atoms with Gasteiger partial charge in [-0.25, -0.2) is 0 Å². The van der Waals surface area contributed by atoms with E-state index in [1.54, 1.807) is 13.1 Å². The standard InChI is InChI=1S/C14H9N3O2S/c1-17-9-7-10(8-5-3-2-4-6-8)20-13(9)12(18)11(16-15)14(17)19/h2-7H,1H3. The van der Waals surface area contributed by atoms with Crippen molar-refractivity contribution < 1.29 is 5.11 Å². The van der Waals surface area contributed by atoms with Crippen LogP contribution < -0.4 is 10.5 Å². The summed E-state index contributed by atoms with van der Waals surface area (Å²) < 4.78 is 1.74. The maximum Gasteiger partial charge on any atom is 0.441 e. The van der Waals surface area contributed by atoms with Gasteiger partial charge in [0, 0.05) is 11.9 Å². The Morgan fingerprint density at radius 2 is 2.00 bits per heavy atom. The van der Waals surface area contributed by atoms with Crippen LogP contribution in [-0.4, -0.2) is 4.57 Å². The molecule has 0 radical (unpaired) electrons. The van der Waals surface area contributed by atoms with Crippen LogP contribution in [0.1, 0.15) is 0 Å². The highest BCUT2D eigenvalue weighted by Gasteiger charge is 2.21. The molecule has 20 heavy (non-hydrogen) atoms.